The highest BCUT2D eigenvalue weighted by atomic mass is 19.3. The van der Waals surface area contributed by atoms with Gasteiger partial charge in [0, 0.05) is 12.2 Å². The van der Waals surface area contributed by atoms with E-state index in [9.17, 15) is 36.3 Å². The van der Waals surface area contributed by atoms with E-state index in [1.165, 1.54) is 12.1 Å². The molecule has 0 bridgehead atoms. The number of rotatable bonds is 9. The highest BCUT2D eigenvalue weighted by molar-refractivity contribution is 6.09. The highest BCUT2D eigenvalue weighted by Gasteiger charge is 2.34. The number of amides is 3. The van der Waals surface area contributed by atoms with Gasteiger partial charge in [-0.2, -0.15) is 0 Å². The SMILES string of the molecule is NC(=O)[C@H](C(=O)Nc1ccc(N2CCOCC2=O)c(F)c1)N(CC(F)F)CC(F)F. The summed E-state index contributed by atoms with van der Waals surface area (Å²) in [6.07, 6.45) is -6.22. The number of nitrogens with one attached hydrogen (secondary N) is 1. The van der Waals surface area contributed by atoms with E-state index in [1.807, 2.05) is 0 Å². The lowest BCUT2D eigenvalue weighted by Crippen LogP contribution is -2.54. The molecule has 0 aromatic heterocycles. The van der Waals surface area contributed by atoms with Crippen LogP contribution in [0, 0.1) is 5.82 Å². The number of halogens is 5. The Kier molecular flexibility index (Phi) is 8.06. The molecule has 8 nitrogen and oxygen atoms in total. The van der Waals surface area contributed by atoms with Gasteiger partial charge in [0.25, 0.3) is 24.7 Å². The maximum atomic E-state index is 14.4. The van der Waals surface area contributed by atoms with Gasteiger partial charge in [0.15, 0.2) is 6.04 Å². The Morgan fingerprint density at radius 1 is 1.20 bits per heavy atom. The first-order chi connectivity index (χ1) is 14.1. The predicted octanol–water partition coefficient (Wildman–Crippen LogP) is 0.813. The van der Waals surface area contributed by atoms with E-state index in [0.717, 1.165) is 11.0 Å². The van der Waals surface area contributed by atoms with Gasteiger partial charge in [-0.25, -0.2) is 22.0 Å². The van der Waals surface area contributed by atoms with Crippen LogP contribution < -0.4 is 16.0 Å². The minimum Gasteiger partial charge on any atom is -0.370 e. The van der Waals surface area contributed by atoms with E-state index in [0.29, 0.717) is 0 Å². The molecule has 13 heteroatoms. The molecule has 2 rings (SSSR count). The number of nitrogens with zero attached hydrogens (tertiary/aromatic N) is 2. The Hall–Kier alpha value is -2.80. The number of ether oxygens (including phenoxy) is 1. The number of alkyl halides is 4. The Morgan fingerprint density at radius 2 is 1.83 bits per heavy atom. The highest BCUT2D eigenvalue weighted by Crippen LogP contribution is 2.24. The van der Waals surface area contributed by atoms with Gasteiger partial charge in [-0.05, 0) is 18.2 Å². The Labute approximate surface area is 167 Å². The first kappa shape index (κ1) is 23.5. The monoisotopic (exact) mass is 438 g/mol. The van der Waals surface area contributed by atoms with Crippen molar-refractivity contribution in [1.82, 2.24) is 4.90 Å². The summed E-state index contributed by atoms with van der Waals surface area (Å²) in [5, 5.41) is 2.09. The average Bonchev–Trinajstić information content (AvgIpc) is 2.61. The van der Waals surface area contributed by atoms with Gasteiger partial charge in [-0.3, -0.25) is 19.3 Å². The second-order valence-corrected chi connectivity index (χ2v) is 6.29. The van der Waals surface area contributed by atoms with Gasteiger partial charge in [0.1, 0.15) is 12.4 Å². The summed E-state index contributed by atoms with van der Waals surface area (Å²) in [7, 11) is 0. The number of hydrogen-bond donors (Lipinski definition) is 2. The van der Waals surface area contributed by atoms with Gasteiger partial charge in [-0.15, -0.1) is 0 Å². The summed E-state index contributed by atoms with van der Waals surface area (Å²) in [4.78, 5) is 37.2. The van der Waals surface area contributed by atoms with Crippen molar-refractivity contribution >= 4 is 29.1 Å². The zero-order valence-electron chi connectivity index (χ0n) is 15.5. The normalized spacial score (nSPS) is 15.7. The number of morpholine rings is 1. The van der Waals surface area contributed by atoms with Crippen molar-refractivity contribution in [3.05, 3.63) is 24.0 Å². The molecule has 3 amide bonds. The summed E-state index contributed by atoms with van der Waals surface area (Å²) in [5.41, 5.74) is 4.78. The van der Waals surface area contributed by atoms with Crippen LogP contribution in [0.15, 0.2) is 18.2 Å². The van der Waals surface area contributed by atoms with Crippen molar-refractivity contribution in [2.75, 3.05) is 43.1 Å². The molecule has 1 atom stereocenters. The lowest BCUT2D eigenvalue weighted by molar-refractivity contribution is -0.134. The third kappa shape index (κ3) is 6.10. The van der Waals surface area contributed by atoms with Crippen molar-refractivity contribution in [2.24, 2.45) is 5.73 Å². The maximum absolute atomic E-state index is 14.4. The maximum Gasteiger partial charge on any atom is 0.253 e. The molecule has 1 aromatic rings. The molecule has 1 saturated heterocycles. The lowest BCUT2D eigenvalue weighted by atomic mass is 10.2. The third-order valence-corrected chi connectivity index (χ3v) is 4.12. The number of carbonyl (C=O) groups is 3. The third-order valence-electron chi connectivity index (χ3n) is 4.12. The molecule has 1 aliphatic rings. The van der Waals surface area contributed by atoms with Gasteiger partial charge >= 0.3 is 0 Å². The van der Waals surface area contributed by atoms with E-state index >= 15 is 0 Å². The summed E-state index contributed by atoms with van der Waals surface area (Å²) in [6.45, 7) is -2.49. The molecule has 0 aliphatic carbocycles. The minimum absolute atomic E-state index is 0.0789. The molecule has 30 heavy (non-hydrogen) atoms. The van der Waals surface area contributed by atoms with Crippen LogP contribution in [0.4, 0.5) is 33.3 Å². The zero-order chi connectivity index (χ0) is 22.4. The second-order valence-electron chi connectivity index (χ2n) is 6.29. The van der Waals surface area contributed by atoms with Crippen molar-refractivity contribution in [3.8, 4) is 0 Å². The first-order valence-corrected chi connectivity index (χ1v) is 8.68. The topological polar surface area (TPSA) is 105 Å². The largest absolute Gasteiger partial charge is 0.370 e. The number of primary amides is 1. The van der Waals surface area contributed by atoms with E-state index in [1.54, 1.807) is 0 Å². The number of benzene rings is 1. The van der Waals surface area contributed by atoms with Gasteiger partial charge in [0.2, 0.25) is 5.91 Å². The molecule has 3 N–H and O–H groups in total. The Balaban J connectivity index is 2.19. The van der Waals surface area contributed by atoms with Gasteiger partial charge in [-0.1, -0.05) is 0 Å². The molecular formula is C17H19F5N4O4. The average molecular weight is 438 g/mol. The molecule has 1 aliphatic heterocycles. The predicted molar refractivity (Wildman–Crippen MR) is 94.8 cm³/mol. The molecule has 0 saturated carbocycles. The standard InChI is InChI=1S/C17H19F5N4O4/c18-10-5-9(1-2-11(10)26-3-4-30-8-14(26)27)24-17(29)15(16(23)28)25(6-12(19)20)7-13(21)22/h1-2,5,12-13,15H,3-4,6-8H2,(H2,23,28)(H,24,29)/t15-/m1/s1. The van der Waals surface area contributed by atoms with Crippen LogP contribution in [0.5, 0.6) is 0 Å². The van der Waals surface area contributed by atoms with Crippen LogP contribution in [0.1, 0.15) is 0 Å². The summed E-state index contributed by atoms with van der Waals surface area (Å²) >= 11 is 0. The van der Waals surface area contributed by atoms with E-state index < -0.39 is 55.5 Å². The van der Waals surface area contributed by atoms with E-state index in [-0.39, 0.29) is 36.0 Å². The number of carbonyl (C=O) groups excluding carboxylic acids is 3. The number of hydrogen-bond acceptors (Lipinski definition) is 5. The Bertz CT molecular complexity index is 785. The van der Waals surface area contributed by atoms with Crippen LogP contribution in [0.3, 0.4) is 0 Å². The molecule has 0 radical (unpaired) electrons. The van der Waals surface area contributed by atoms with Crippen molar-refractivity contribution < 1.29 is 41.1 Å². The fourth-order valence-corrected chi connectivity index (χ4v) is 2.90. The van der Waals surface area contributed by atoms with E-state index in [4.69, 9.17) is 10.5 Å². The molecule has 1 fully saturated rings. The van der Waals surface area contributed by atoms with Gasteiger partial charge in [0.05, 0.1) is 25.4 Å². The fraction of sp³-hybridized carbons (Fsp3) is 0.471. The van der Waals surface area contributed by atoms with Crippen molar-refractivity contribution in [3.63, 3.8) is 0 Å². The summed E-state index contributed by atoms with van der Waals surface area (Å²) < 4.78 is 70.2. The van der Waals surface area contributed by atoms with Crippen LogP contribution in [-0.4, -0.2) is 74.4 Å². The van der Waals surface area contributed by atoms with Crippen LogP contribution >= 0.6 is 0 Å². The molecule has 1 heterocycles. The van der Waals surface area contributed by atoms with Crippen LogP contribution in [0.25, 0.3) is 0 Å². The summed E-state index contributed by atoms with van der Waals surface area (Å²) in [6, 6.07) is 1.08. The number of anilines is 2. The summed E-state index contributed by atoms with van der Waals surface area (Å²) in [5.74, 6) is -4.07. The smallest absolute Gasteiger partial charge is 0.253 e. The molecule has 0 spiro atoms. The molecule has 0 unspecified atom stereocenters. The van der Waals surface area contributed by atoms with Crippen LogP contribution in [-0.2, 0) is 19.1 Å². The first-order valence-electron chi connectivity index (χ1n) is 8.68. The molecular weight excluding hydrogens is 419 g/mol. The van der Waals surface area contributed by atoms with Gasteiger partial charge < -0.3 is 20.7 Å². The zero-order valence-corrected chi connectivity index (χ0v) is 15.5. The molecule has 1 aromatic carbocycles. The van der Waals surface area contributed by atoms with Crippen LogP contribution in [0.2, 0.25) is 0 Å². The molecule has 166 valence electrons. The number of nitrogens with two attached hydrogens (primary N) is 1. The minimum atomic E-state index is -3.11. The van der Waals surface area contributed by atoms with Crippen molar-refractivity contribution in [2.45, 2.75) is 18.9 Å². The quantitative estimate of drug-likeness (QED) is 0.439. The van der Waals surface area contributed by atoms with Crippen molar-refractivity contribution in [1.29, 1.82) is 0 Å². The lowest BCUT2D eigenvalue weighted by Gasteiger charge is -2.28. The van der Waals surface area contributed by atoms with E-state index in [2.05, 4.69) is 5.32 Å². The second kappa shape index (κ2) is 10.3. The Morgan fingerprint density at radius 3 is 2.33 bits per heavy atom. The fourth-order valence-electron chi connectivity index (χ4n) is 2.90.